The number of hydrogen-bond donors (Lipinski definition) is 1. The van der Waals surface area contributed by atoms with Crippen LogP contribution in [0.5, 0.6) is 0 Å². The standard InChI is InChI=1S/C29H32N2O6/c1-2-3-19-29(31(34)28(33)36-22-24-15-9-5-10-16-24)20-26(25-17-11-6-12-18-25)30(37-29)27(32)35-21-23-13-7-4-8-14-23/h4-18,26,34H,2-3,19-22H2,1H3. The Hall–Kier alpha value is -3.88. The van der Waals surface area contributed by atoms with E-state index in [0.29, 0.717) is 17.9 Å². The van der Waals surface area contributed by atoms with Gasteiger partial charge in [0.15, 0.2) is 5.72 Å². The van der Waals surface area contributed by atoms with E-state index in [1.807, 2.05) is 97.9 Å². The van der Waals surface area contributed by atoms with Crippen LogP contribution in [0.2, 0.25) is 0 Å². The Morgan fingerprint density at radius 3 is 2.03 bits per heavy atom. The van der Waals surface area contributed by atoms with Crippen LogP contribution in [0, 0.1) is 0 Å². The molecule has 8 heteroatoms. The zero-order valence-electron chi connectivity index (χ0n) is 20.9. The van der Waals surface area contributed by atoms with Crippen molar-refractivity contribution in [2.75, 3.05) is 0 Å². The molecule has 2 unspecified atom stereocenters. The molecule has 0 bridgehead atoms. The summed E-state index contributed by atoms with van der Waals surface area (Å²) < 4.78 is 10.9. The number of nitrogens with zero attached hydrogens (tertiary/aromatic N) is 2. The maximum absolute atomic E-state index is 13.2. The van der Waals surface area contributed by atoms with Crippen LogP contribution in [0.3, 0.4) is 0 Å². The van der Waals surface area contributed by atoms with Gasteiger partial charge in [0.1, 0.15) is 13.2 Å². The molecule has 194 valence electrons. The zero-order valence-corrected chi connectivity index (χ0v) is 20.9. The van der Waals surface area contributed by atoms with Crippen molar-refractivity contribution in [3.63, 3.8) is 0 Å². The predicted octanol–water partition coefficient (Wildman–Crippen LogP) is 6.62. The van der Waals surface area contributed by atoms with Crippen LogP contribution >= 0.6 is 0 Å². The minimum Gasteiger partial charge on any atom is -0.443 e. The lowest BCUT2D eigenvalue weighted by Gasteiger charge is -2.34. The van der Waals surface area contributed by atoms with Crippen molar-refractivity contribution < 1.29 is 29.1 Å². The molecule has 2 amide bonds. The Labute approximate surface area is 216 Å². The summed E-state index contributed by atoms with van der Waals surface area (Å²) in [5.74, 6) is 0. The average Bonchev–Trinajstić information content (AvgIpc) is 3.36. The van der Waals surface area contributed by atoms with Crippen LogP contribution in [-0.2, 0) is 27.5 Å². The highest BCUT2D eigenvalue weighted by Crippen LogP contribution is 2.45. The summed E-state index contributed by atoms with van der Waals surface area (Å²) in [6.45, 7) is 2.05. The fourth-order valence-electron chi connectivity index (χ4n) is 4.32. The molecular weight excluding hydrogens is 472 g/mol. The molecule has 0 spiro atoms. The summed E-state index contributed by atoms with van der Waals surface area (Å²) in [6, 6.07) is 27.3. The van der Waals surface area contributed by atoms with Crippen molar-refractivity contribution in [3.8, 4) is 0 Å². The van der Waals surface area contributed by atoms with Crippen molar-refractivity contribution >= 4 is 12.2 Å². The van der Waals surface area contributed by atoms with E-state index < -0.39 is 24.0 Å². The molecular formula is C29H32N2O6. The average molecular weight is 505 g/mol. The summed E-state index contributed by atoms with van der Waals surface area (Å²) in [4.78, 5) is 32.3. The van der Waals surface area contributed by atoms with Gasteiger partial charge in [-0.3, -0.25) is 5.21 Å². The van der Waals surface area contributed by atoms with Crippen LogP contribution in [-0.4, -0.2) is 33.2 Å². The van der Waals surface area contributed by atoms with Gasteiger partial charge in [-0.2, -0.15) is 10.1 Å². The molecule has 3 aromatic rings. The Morgan fingerprint density at radius 2 is 1.46 bits per heavy atom. The van der Waals surface area contributed by atoms with Gasteiger partial charge in [0, 0.05) is 12.8 Å². The lowest BCUT2D eigenvalue weighted by molar-refractivity contribution is -0.302. The lowest BCUT2D eigenvalue weighted by Crippen LogP contribution is -2.51. The van der Waals surface area contributed by atoms with Crippen LogP contribution in [0.4, 0.5) is 9.59 Å². The maximum atomic E-state index is 13.2. The van der Waals surface area contributed by atoms with E-state index in [0.717, 1.165) is 28.2 Å². The molecule has 2 atom stereocenters. The summed E-state index contributed by atoms with van der Waals surface area (Å²) in [7, 11) is 0. The van der Waals surface area contributed by atoms with Gasteiger partial charge in [0.25, 0.3) is 0 Å². The first-order valence-electron chi connectivity index (χ1n) is 12.5. The summed E-state index contributed by atoms with van der Waals surface area (Å²) in [6.07, 6.45) is 0.234. The molecule has 3 aromatic carbocycles. The number of carbonyl (C=O) groups excluding carboxylic acids is 2. The third kappa shape index (κ3) is 6.47. The first-order chi connectivity index (χ1) is 18.0. The van der Waals surface area contributed by atoms with Crippen LogP contribution in [0.1, 0.15) is 55.3 Å². The van der Waals surface area contributed by atoms with Gasteiger partial charge < -0.3 is 9.47 Å². The number of amides is 2. The van der Waals surface area contributed by atoms with E-state index in [1.165, 1.54) is 0 Å². The molecule has 0 aromatic heterocycles. The highest BCUT2D eigenvalue weighted by molar-refractivity contribution is 5.69. The molecule has 1 N–H and O–H groups in total. The van der Waals surface area contributed by atoms with E-state index in [9.17, 15) is 14.8 Å². The fraction of sp³-hybridized carbons (Fsp3) is 0.310. The Bertz CT molecular complexity index is 1140. The van der Waals surface area contributed by atoms with Gasteiger partial charge in [0.2, 0.25) is 0 Å². The normalized spacial score (nSPS) is 18.9. The Balaban J connectivity index is 1.56. The second-order valence-electron chi connectivity index (χ2n) is 8.99. The largest absolute Gasteiger partial charge is 0.443 e. The van der Waals surface area contributed by atoms with Gasteiger partial charge in [-0.05, 0) is 23.1 Å². The number of unbranched alkanes of at least 4 members (excludes halogenated alkanes) is 1. The molecule has 8 nitrogen and oxygen atoms in total. The van der Waals surface area contributed by atoms with E-state index in [2.05, 4.69) is 0 Å². The number of rotatable bonds is 9. The molecule has 37 heavy (non-hydrogen) atoms. The summed E-state index contributed by atoms with van der Waals surface area (Å²) in [5.41, 5.74) is 0.906. The van der Waals surface area contributed by atoms with Gasteiger partial charge in [-0.1, -0.05) is 104 Å². The van der Waals surface area contributed by atoms with Crippen molar-refractivity contribution in [1.29, 1.82) is 0 Å². The SMILES string of the molecule is CCCCC1(N(O)C(=O)OCc2ccccc2)CC(c2ccccc2)N(C(=O)OCc2ccccc2)O1. The molecule has 4 rings (SSSR count). The van der Waals surface area contributed by atoms with Crippen LogP contribution in [0.15, 0.2) is 91.0 Å². The molecule has 0 saturated carbocycles. The Morgan fingerprint density at radius 1 is 0.919 bits per heavy atom. The van der Waals surface area contributed by atoms with E-state index in [4.69, 9.17) is 14.3 Å². The first-order valence-corrected chi connectivity index (χ1v) is 12.5. The number of hydrogen-bond acceptors (Lipinski definition) is 6. The van der Waals surface area contributed by atoms with E-state index in [1.54, 1.807) is 0 Å². The van der Waals surface area contributed by atoms with Gasteiger partial charge in [0.05, 0.1) is 6.04 Å². The van der Waals surface area contributed by atoms with Crippen LogP contribution < -0.4 is 0 Å². The van der Waals surface area contributed by atoms with Crippen molar-refractivity contribution in [2.24, 2.45) is 0 Å². The maximum Gasteiger partial charge on any atom is 0.436 e. The van der Waals surface area contributed by atoms with E-state index >= 15 is 0 Å². The zero-order chi connectivity index (χ0) is 26.1. The highest BCUT2D eigenvalue weighted by atomic mass is 16.8. The molecule has 1 heterocycles. The lowest BCUT2D eigenvalue weighted by atomic mass is 9.94. The monoisotopic (exact) mass is 504 g/mol. The van der Waals surface area contributed by atoms with Crippen molar-refractivity contribution in [1.82, 2.24) is 10.1 Å². The molecule has 1 aliphatic rings. The third-order valence-corrected chi connectivity index (χ3v) is 6.32. The number of hydroxylamine groups is 4. The second-order valence-corrected chi connectivity index (χ2v) is 8.99. The topological polar surface area (TPSA) is 88.5 Å². The third-order valence-electron chi connectivity index (χ3n) is 6.32. The van der Waals surface area contributed by atoms with E-state index in [-0.39, 0.29) is 19.6 Å². The molecule has 0 radical (unpaired) electrons. The fourth-order valence-corrected chi connectivity index (χ4v) is 4.32. The second kappa shape index (κ2) is 12.4. The Kier molecular flexibility index (Phi) is 8.77. The predicted molar refractivity (Wildman–Crippen MR) is 136 cm³/mol. The number of carbonyl (C=O) groups is 2. The smallest absolute Gasteiger partial charge is 0.436 e. The highest BCUT2D eigenvalue weighted by Gasteiger charge is 2.54. The first kappa shape index (κ1) is 26.2. The quantitative estimate of drug-likeness (QED) is 0.260. The van der Waals surface area contributed by atoms with Gasteiger partial charge in [-0.25, -0.2) is 14.4 Å². The van der Waals surface area contributed by atoms with Gasteiger partial charge in [-0.15, -0.1) is 0 Å². The molecule has 1 aliphatic heterocycles. The minimum absolute atomic E-state index is 0.00840. The van der Waals surface area contributed by atoms with Crippen LogP contribution in [0.25, 0.3) is 0 Å². The van der Waals surface area contributed by atoms with Crippen molar-refractivity contribution in [3.05, 3.63) is 108 Å². The number of benzene rings is 3. The minimum atomic E-state index is -1.50. The van der Waals surface area contributed by atoms with Crippen molar-refractivity contribution in [2.45, 2.75) is 57.6 Å². The van der Waals surface area contributed by atoms with Gasteiger partial charge >= 0.3 is 12.2 Å². The number of ether oxygens (including phenoxy) is 2. The molecule has 0 aliphatic carbocycles. The molecule has 1 saturated heterocycles. The summed E-state index contributed by atoms with van der Waals surface area (Å²) >= 11 is 0. The summed E-state index contributed by atoms with van der Waals surface area (Å²) in [5, 5.41) is 12.7. The molecule has 1 fully saturated rings.